The lowest BCUT2D eigenvalue weighted by Gasteiger charge is -2.47. The molecule has 0 aliphatic carbocycles. The molecule has 0 bridgehead atoms. The van der Waals surface area contributed by atoms with E-state index in [1.807, 2.05) is 32.1 Å². The monoisotopic (exact) mass is 358 g/mol. The van der Waals surface area contributed by atoms with Crippen molar-refractivity contribution in [1.29, 1.82) is 0 Å². The molecule has 0 spiro atoms. The van der Waals surface area contributed by atoms with Crippen molar-refractivity contribution in [2.24, 2.45) is 0 Å². The highest BCUT2D eigenvalue weighted by molar-refractivity contribution is 5.37. The summed E-state index contributed by atoms with van der Waals surface area (Å²) in [6.07, 6.45) is 1.87. The van der Waals surface area contributed by atoms with Gasteiger partial charge in [-0.1, -0.05) is 11.2 Å². The fourth-order valence-corrected chi connectivity index (χ4v) is 3.53. The van der Waals surface area contributed by atoms with Gasteiger partial charge in [0.1, 0.15) is 11.9 Å². The molecule has 26 heavy (non-hydrogen) atoms. The quantitative estimate of drug-likeness (QED) is 0.787. The Labute approximate surface area is 153 Å². The highest BCUT2D eigenvalue weighted by Gasteiger charge is 2.36. The van der Waals surface area contributed by atoms with Crippen LogP contribution < -0.4 is 4.90 Å². The van der Waals surface area contributed by atoms with Gasteiger partial charge in [0, 0.05) is 59.1 Å². The minimum absolute atomic E-state index is 0.109. The summed E-state index contributed by atoms with van der Waals surface area (Å²) >= 11 is 0. The molecule has 0 radical (unpaired) electrons. The van der Waals surface area contributed by atoms with E-state index in [1.165, 1.54) is 5.56 Å². The molecule has 140 valence electrons. The number of anilines is 1. The molecule has 2 fully saturated rings. The van der Waals surface area contributed by atoms with Crippen molar-refractivity contribution in [3.05, 3.63) is 35.6 Å². The standard InChI is InChI=1S/C18H26N6O2/c1-13-20-18(26-21-13)16-12-24(6-7-25-16)15-10-23(11-15)9-14-4-5-17(19-8-14)22(2)3/h4-5,8,15-16H,6-7,9-12H2,1-3H3. The molecular formula is C18H26N6O2. The van der Waals surface area contributed by atoms with Crippen LogP contribution in [0.15, 0.2) is 22.9 Å². The Balaban J connectivity index is 1.27. The smallest absolute Gasteiger partial charge is 0.257 e. The number of rotatable bonds is 5. The molecule has 2 aromatic heterocycles. The molecule has 2 saturated heterocycles. The van der Waals surface area contributed by atoms with E-state index in [-0.39, 0.29) is 6.10 Å². The lowest BCUT2D eigenvalue weighted by Crippen LogP contribution is -2.61. The number of likely N-dealkylation sites (tertiary alicyclic amines) is 1. The zero-order valence-corrected chi connectivity index (χ0v) is 15.6. The van der Waals surface area contributed by atoms with Crippen LogP contribution in [-0.4, -0.2) is 77.8 Å². The molecule has 8 heteroatoms. The maximum absolute atomic E-state index is 5.82. The second kappa shape index (κ2) is 7.30. The van der Waals surface area contributed by atoms with Crippen molar-refractivity contribution in [3.8, 4) is 0 Å². The molecular weight excluding hydrogens is 332 g/mol. The minimum atomic E-state index is -0.109. The van der Waals surface area contributed by atoms with Crippen LogP contribution in [0.25, 0.3) is 0 Å². The van der Waals surface area contributed by atoms with Gasteiger partial charge in [-0.3, -0.25) is 9.80 Å². The highest BCUT2D eigenvalue weighted by atomic mass is 16.5. The molecule has 2 aliphatic rings. The summed E-state index contributed by atoms with van der Waals surface area (Å²) in [6.45, 7) is 7.42. The lowest BCUT2D eigenvalue weighted by atomic mass is 10.0. The molecule has 8 nitrogen and oxygen atoms in total. The number of aryl methyl sites for hydroxylation is 1. The number of hydrogen-bond acceptors (Lipinski definition) is 8. The van der Waals surface area contributed by atoms with Crippen LogP contribution in [-0.2, 0) is 11.3 Å². The van der Waals surface area contributed by atoms with E-state index in [9.17, 15) is 0 Å². The first kappa shape index (κ1) is 17.4. The van der Waals surface area contributed by atoms with Gasteiger partial charge in [-0.25, -0.2) is 4.98 Å². The number of pyridine rings is 1. The molecule has 1 unspecified atom stereocenters. The SMILES string of the molecule is Cc1noc(C2CN(C3CN(Cc4ccc(N(C)C)nc4)C3)CCO2)n1. The van der Waals surface area contributed by atoms with Gasteiger partial charge in [0.05, 0.1) is 6.61 Å². The molecule has 0 amide bonds. The summed E-state index contributed by atoms with van der Waals surface area (Å²) < 4.78 is 11.1. The molecule has 4 rings (SSSR count). The van der Waals surface area contributed by atoms with Gasteiger partial charge < -0.3 is 14.2 Å². The van der Waals surface area contributed by atoms with Crippen molar-refractivity contribution >= 4 is 5.82 Å². The molecule has 2 aromatic rings. The van der Waals surface area contributed by atoms with Crippen molar-refractivity contribution in [2.45, 2.75) is 25.6 Å². The van der Waals surface area contributed by atoms with E-state index in [0.29, 0.717) is 24.4 Å². The second-order valence-corrected chi connectivity index (χ2v) is 7.30. The topological polar surface area (TPSA) is 70.8 Å². The number of morpholine rings is 1. The Morgan fingerprint density at radius 1 is 1.23 bits per heavy atom. The Bertz CT molecular complexity index is 726. The molecule has 0 N–H and O–H groups in total. The summed E-state index contributed by atoms with van der Waals surface area (Å²) in [5.41, 5.74) is 1.26. The van der Waals surface area contributed by atoms with Gasteiger partial charge in [0.25, 0.3) is 5.89 Å². The highest BCUT2D eigenvalue weighted by Crippen LogP contribution is 2.26. The van der Waals surface area contributed by atoms with E-state index < -0.39 is 0 Å². The third-order valence-corrected chi connectivity index (χ3v) is 5.04. The van der Waals surface area contributed by atoms with Crippen LogP contribution in [0.1, 0.15) is 23.4 Å². The molecule has 1 atom stereocenters. The Kier molecular flexibility index (Phi) is 4.88. The molecule has 4 heterocycles. The van der Waals surface area contributed by atoms with Crippen LogP contribution >= 0.6 is 0 Å². The van der Waals surface area contributed by atoms with Gasteiger partial charge in [0.2, 0.25) is 0 Å². The summed E-state index contributed by atoms with van der Waals surface area (Å²) in [7, 11) is 4.01. The van der Waals surface area contributed by atoms with Crippen LogP contribution in [0.2, 0.25) is 0 Å². The van der Waals surface area contributed by atoms with Gasteiger partial charge in [0.15, 0.2) is 5.82 Å². The number of nitrogens with zero attached hydrogens (tertiary/aromatic N) is 6. The number of aromatic nitrogens is 3. The normalized spacial score (nSPS) is 22.3. The first-order valence-corrected chi connectivity index (χ1v) is 9.09. The zero-order valence-electron chi connectivity index (χ0n) is 15.6. The Morgan fingerprint density at radius 3 is 2.73 bits per heavy atom. The van der Waals surface area contributed by atoms with E-state index in [0.717, 1.165) is 38.5 Å². The number of hydrogen-bond donors (Lipinski definition) is 0. The van der Waals surface area contributed by atoms with E-state index in [2.05, 4.69) is 37.1 Å². The summed E-state index contributed by atoms with van der Waals surface area (Å²) in [6, 6.07) is 4.81. The lowest BCUT2D eigenvalue weighted by molar-refractivity contribution is -0.0843. The molecule has 0 saturated carbocycles. The van der Waals surface area contributed by atoms with Gasteiger partial charge in [-0.2, -0.15) is 4.98 Å². The van der Waals surface area contributed by atoms with Crippen LogP contribution in [0.3, 0.4) is 0 Å². The van der Waals surface area contributed by atoms with Gasteiger partial charge >= 0.3 is 0 Å². The maximum atomic E-state index is 5.82. The summed E-state index contributed by atoms with van der Waals surface area (Å²) in [5, 5.41) is 3.87. The summed E-state index contributed by atoms with van der Waals surface area (Å²) in [4.78, 5) is 15.8. The van der Waals surface area contributed by atoms with Gasteiger partial charge in [-0.15, -0.1) is 0 Å². The second-order valence-electron chi connectivity index (χ2n) is 7.30. The molecule has 0 aromatic carbocycles. The van der Waals surface area contributed by atoms with Crippen molar-refractivity contribution in [1.82, 2.24) is 24.9 Å². The van der Waals surface area contributed by atoms with Gasteiger partial charge in [-0.05, 0) is 18.6 Å². The largest absolute Gasteiger partial charge is 0.366 e. The van der Waals surface area contributed by atoms with Crippen LogP contribution in [0.4, 0.5) is 5.82 Å². The van der Waals surface area contributed by atoms with Crippen LogP contribution in [0, 0.1) is 6.92 Å². The maximum Gasteiger partial charge on any atom is 0.257 e. The predicted molar refractivity (Wildman–Crippen MR) is 96.9 cm³/mol. The Morgan fingerprint density at radius 2 is 2.08 bits per heavy atom. The third kappa shape index (κ3) is 3.72. The van der Waals surface area contributed by atoms with E-state index in [1.54, 1.807) is 0 Å². The first-order valence-electron chi connectivity index (χ1n) is 9.09. The van der Waals surface area contributed by atoms with E-state index in [4.69, 9.17) is 9.26 Å². The molecule has 2 aliphatic heterocycles. The fraction of sp³-hybridized carbons (Fsp3) is 0.611. The van der Waals surface area contributed by atoms with Crippen LogP contribution in [0.5, 0.6) is 0 Å². The summed E-state index contributed by atoms with van der Waals surface area (Å²) in [5.74, 6) is 2.24. The average molecular weight is 358 g/mol. The zero-order chi connectivity index (χ0) is 18.1. The van der Waals surface area contributed by atoms with Crippen molar-refractivity contribution in [2.75, 3.05) is 51.8 Å². The fourth-order valence-electron chi connectivity index (χ4n) is 3.53. The predicted octanol–water partition coefficient (Wildman–Crippen LogP) is 1.10. The van der Waals surface area contributed by atoms with Crippen molar-refractivity contribution < 1.29 is 9.26 Å². The van der Waals surface area contributed by atoms with E-state index >= 15 is 0 Å². The first-order chi connectivity index (χ1) is 12.6. The third-order valence-electron chi connectivity index (χ3n) is 5.04. The average Bonchev–Trinajstić information content (AvgIpc) is 3.05. The minimum Gasteiger partial charge on any atom is -0.366 e. The Hall–Kier alpha value is -2.03. The van der Waals surface area contributed by atoms with Crippen molar-refractivity contribution in [3.63, 3.8) is 0 Å². The number of ether oxygens (including phenoxy) is 1.